The van der Waals surface area contributed by atoms with E-state index < -0.39 is 0 Å². The summed E-state index contributed by atoms with van der Waals surface area (Å²) in [7, 11) is 0. The number of pyridine rings is 1. The van der Waals surface area contributed by atoms with Crippen molar-refractivity contribution < 1.29 is 4.79 Å². The SMILES string of the molecule is Cc1cccc(=O)n1CCC(=O)Nc1nnc(SC(C)C)s1. The van der Waals surface area contributed by atoms with Crippen LogP contribution >= 0.6 is 23.1 Å². The second-order valence-corrected chi connectivity index (χ2v) is 7.80. The van der Waals surface area contributed by atoms with E-state index in [2.05, 4.69) is 29.4 Å². The van der Waals surface area contributed by atoms with Gasteiger partial charge in [0.1, 0.15) is 0 Å². The largest absolute Gasteiger partial charge is 0.312 e. The van der Waals surface area contributed by atoms with Gasteiger partial charge in [0.25, 0.3) is 5.56 Å². The number of amides is 1. The molecule has 0 radical (unpaired) electrons. The molecule has 0 spiro atoms. The van der Waals surface area contributed by atoms with E-state index in [9.17, 15) is 9.59 Å². The van der Waals surface area contributed by atoms with Crippen LogP contribution in [0.2, 0.25) is 0 Å². The highest BCUT2D eigenvalue weighted by atomic mass is 32.2. The fourth-order valence-electron chi connectivity index (χ4n) is 1.81. The minimum atomic E-state index is -0.174. The Balaban J connectivity index is 1.90. The van der Waals surface area contributed by atoms with Crippen molar-refractivity contribution in [3.63, 3.8) is 0 Å². The molecule has 0 fully saturated rings. The van der Waals surface area contributed by atoms with Crippen LogP contribution in [-0.4, -0.2) is 25.9 Å². The summed E-state index contributed by atoms with van der Waals surface area (Å²) in [6.45, 7) is 6.34. The summed E-state index contributed by atoms with van der Waals surface area (Å²) in [5.74, 6) is -0.174. The first kappa shape index (κ1) is 16.7. The molecular formula is C14H18N4O2S2. The highest BCUT2D eigenvalue weighted by Crippen LogP contribution is 2.28. The lowest BCUT2D eigenvalue weighted by Crippen LogP contribution is -2.24. The van der Waals surface area contributed by atoms with Crippen LogP contribution in [-0.2, 0) is 11.3 Å². The molecule has 0 aromatic carbocycles. The number of rotatable bonds is 6. The van der Waals surface area contributed by atoms with Gasteiger partial charge in [-0.25, -0.2) is 0 Å². The van der Waals surface area contributed by atoms with E-state index in [0.29, 0.717) is 16.9 Å². The Morgan fingerprint density at radius 2 is 2.18 bits per heavy atom. The molecule has 22 heavy (non-hydrogen) atoms. The molecule has 6 nitrogen and oxygen atoms in total. The molecule has 0 bridgehead atoms. The molecule has 0 aliphatic heterocycles. The fourth-order valence-corrected chi connectivity index (χ4v) is 3.81. The normalized spacial score (nSPS) is 10.9. The first-order valence-electron chi connectivity index (χ1n) is 6.92. The van der Waals surface area contributed by atoms with Crippen LogP contribution in [0.3, 0.4) is 0 Å². The summed E-state index contributed by atoms with van der Waals surface area (Å²) in [5.41, 5.74) is 0.742. The molecule has 2 rings (SSSR count). The summed E-state index contributed by atoms with van der Waals surface area (Å²) in [6, 6.07) is 5.05. The summed E-state index contributed by atoms with van der Waals surface area (Å²) >= 11 is 2.97. The Labute approximate surface area is 137 Å². The van der Waals surface area contributed by atoms with Gasteiger partial charge in [0, 0.05) is 30.0 Å². The molecule has 2 aromatic heterocycles. The lowest BCUT2D eigenvalue weighted by Gasteiger charge is -2.08. The zero-order valence-electron chi connectivity index (χ0n) is 12.7. The van der Waals surface area contributed by atoms with E-state index in [1.165, 1.54) is 17.4 Å². The topological polar surface area (TPSA) is 76.9 Å². The molecule has 0 atom stereocenters. The first-order chi connectivity index (χ1) is 10.5. The predicted octanol–water partition coefficient (Wildman–Crippen LogP) is 2.54. The molecule has 2 heterocycles. The van der Waals surface area contributed by atoms with Gasteiger partial charge in [-0.3, -0.25) is 9.59 Å². The minimum absolute atomic E-state index is 0.0978. The molecule has 0 aliphatic rings. The number of thioether (sulfide) groups is 1. The van der Waals surface area contributed by atoms with Gasteiger partial charge in [0.2, 0.25) is 11.0 Å². The standard InChI is InChI=1S/C14H18N4O2S2/c1-9(2)21-14-17-16-13(22-14)15-11(19)7-8-18-10(3)5-4-6-12(18)20/h4-6,9H,7-8H2,1-3H3,(H,15,16,19). The lowest BCUT2D eigenvalue weighted by atomic mass is 10.3. The van der Waals surface area contributed by atoms with Crippen molar-refractivity contribution in [2.75, 3.05) is 5.32 Å². The maximum Gasteiger partial charge on any atom is 0.250 e. The Morgan fingerprint density at radius 3 is 2.86 bits per heavy atom. The monoisotopic (exact) mass is 338 g/mol. The molecular weight excluding hydrogens is 320 g/mol. The van der Waals surface area contributed by atoms with Crippen molar-refractivity contribution in [3.05, 3.63) is 34.2 Å². The van der Waals surface area contributed by atoms with Gasteiger partial charge in [0.05, 0.1) is 0 Å². The second kappa shape index (κ2) is 7.55. The van der Waals surface area contributed by atoms with Crippen LogP contribution in [0.25, 0.3) is 0 Å². The summed E-state index contributed by atoms with van der Waals surface area (Å²) in [5, 5.41) is 11.6. The molecule has 1 amide bonds. The molecule has 2 aromatic rings. The highest BCUT2D eigenvalue weighted by molar-refractivity contribution is 8.01. The fraction of sp³-hybridized carbons (Fsp3) is 0.429. The molecule has 0 saturated heterocycles. The van der Waals surface area contributed by atoms with Gasteiger partial charge in [-0.1, -0.05) is 43.0 Å². The van der Waals surface area contributed by atoms with Crippen LogP contribution < -0.4 is 10.9 Å². The zero-order valence-corrected chi connectivity index (χ0v) is 14.3. The van der Waals surface area contributed by atoms with Crippen molar-refractivity contribution in [3.8, 4) is 0 Å². The van der Waals surface area contributed by atoms with Crippen molar-refractivity contribution in [2.45, 2.75) is 43.3 Å². The minimum Gasteiger partial charge on any atom is -0.312 e. The van der Waals surface area contributed by atoms with Crippen LogP contribution in [0.4, 0.5) is 5.13 Å². The predicted molar refractivity (Wildman–Crippen MR) is 89.6 cm³/mol. The van der Waals surface area contributed by atoms with E-state index in [0.717, 1.165) is 10.0 Å². The average Bonchev–Trinajstić information content (AvgIpc) is 2.84. The number of carbonyl (C=O) groups excluding carboxylic acids is 1. The third-order valence-electron chi connectivity index (χ3n) is 2.82. The number of nitrogens with zero attached hydrogens (tertiary/aromatic N) is 3. The maximum absolute atomic E-state index is 11.9. The van der Waals surface area contributed by atoms with Crippen molar-refractivity contribution >= 4 is 34.1 Å². The van der Waals surface area contributed by atoms with E-state index in [4.69, 9.17) is 0 Å². The Hall–Kier alpha value is -1.67. The maximum atomic E-state index is 11.9. The highest BCUT2D eigenvalue weighted by Gasteiger charge is 2.10. The molecule has 1 N–H and O–H groups in total. The van der Waals surface area contributed by atoms with Crippen LogP contribution in [0.5, 0.6) is 0 Å². The van der Waals surface area contributed by atoms with Crippen LogP contribution in [0.1, 0.15) is 26.0 Å². The smallest absolute Gasteiger partial charge is 0.250 e. The third-order valence-corrected chi connectivity index (χ3v) is 4.75. The molecule has 0 saturated carbocycles. The van der Waals surface area contributed by atoms with Gasteiger partial charge in [-0.2, -0.15) is 0 Å². The van der Waals surface area contributed by atoms with Gasteiger partial charge >= 0.3 is 0 Å². The number of aromatic nitrogens is 3. The van der Waals surface area contributed by atoms with Gasteiger partial charge in [-0.15, -0.1) is 10.2 Å². The third kappa shape index (κ3) is 4.67. The number of nitrogens with one attached hydrogen (secondary N) is 1. The lowest BCUT2D eigenvalue weighted by molar-refractivity contribution is -0.116. The van der Waals surface area contributed by atoms with Crippen molar-refractivity contribution in [1.82, 2.24) is 14.8 Å². The van der Waals surface area contributed by atoms with E-state index in [1.807, 2.05) is 13.0 Å². The Bertz CT molecular complexity index is 709. The zero-order chi connectivity index (χ0) is 16.1. The number of aryl methyl sites for hydroxylation is 1. The average molecular weight is 338 g/mol. The van der Waals surface area contributed by atoms with E-state index in [-0.39, 0.29) is 17.9 Å². The van der Waals surface area contributed by atoms with Gasteiger partial charge < -0.3 is 9.88 Å². The van der Waals surface area contributed by atoms with Crippen molar-refractivity contribution in [1.29, 1.82) is 0 Å². The van der Waals surface area contributed by atoms with Gasteiger partial charge in [0.15, 0.2) is 4.34 Å². The number of anilines is 1. The van der Waals surface area contributed by atoms with Crippen molar-refractivity contribution in [2.24, 2.45) is 0 Å². The van der Waals surface area contributed by atoms with Gasteiger partial charge in [-0.05, 0) is 13.0 Å². The number of hydrogen-bond acceptors (Lipinski definition) is 6. The van der Waals surface area contributed by atoms with Crippen LogP contribution in [0, 0.1) is 6.92 Å². The molecule has 0 aliphatic carbocycles. The Kier molecular flexibility index (Phi) is 5.73. The molecule has 0 unspecified atom stereocenters. The first-order valence-corrected chi connectivity index (χ1v) is 8.62. The molecule has 8 heteroatoms. The Morgan fingerprint density at radius 1 is 1.41 bits per heavy atom. The summed E-state index contributed by atoms with van der Waals surface area (Å²) in [6.07, 6.45) is 0.219. The number of hydrogen-bond donors (Lipinski definition) is 1. The van der Waals surface area contributed by atoms with Crippen LogP contribution in [0.15, 0.2) is 27.3 Å². The van der Waals surface area contributed by atoms with E-state index in [1.54, 1.807) is 22.4 Å². The molecule has 118 valence electrons. The van der Waals surface area contributed by atoms with E-state index >= 15 is 0 Å². The quantitative estimate of drug-likeness (QED) is 0.647. The summed E-state index contributed by atoms with van der Waals surface area (Å²) < 4.78 is 2.42. The summed E-state index contributed by atoms with van der Waals surface area (Å²) in [4.78, 5) is 23.7. The number of carbonyl (C=O) groups is 1. The second-order valence-electron chi connectivity index (χ2n) is 4.99.